The molecule has 1 saturated heterocycles. The van der Waals surface area contributed by atoms with E-state index in [9.17, 15) is 75.0 Å². The predicted molar refractivity (Wildman–Crippen MR) is 354 cm³/mol. The van der Waals surface area contributed by atoms with Gasteiger partial charge in [0.15, 0.2) is 41.5 Å². The molecular weight excluding hydrogens is 1390 g/mol. The monoisotopic (exact) mass is 1460 g/mol. The SMILES string of the molecule is CN[C@H](CC(C)C)C(=O)N[C@H]1C(=O)N[C@@H](CCC(N)=O)C(=O)N[C@H]2C(=O)N[C@H]3C(=O)N[C@H](C(=O)N[C@H](C(=O)O)c4cc(O)cc(O)c4-c4cc3ccc4O)[C@H](O)c3ccc(c(Cl)c3)Oc3cc2cc(c3O[C@@H]2OC(CO)=C(O)[C@H](O)[C@H]2O[C@H]2C[C@](C)(N)[C@H](O)[C@H](C)O2)Oc2ccc(cc2Cl)[C@H]1O. The maximum atomic E-state index is 16.1. The Kier molecular flexibility index (Phi) is 22.3. The Morgan fingerprint density at radius 2 is 1.33 bits per heavy atom. The maximum Gasteiger partial charge on any atom is 0.330 e. The number of carboxylic acids is 1. The minimum Gasteiger partial charge on any atom is -0.508 e. The van der Waals surface area contributed by atoms with E-state index in [-0.39, 0.29) is 46.2 Å². The molecule has 0 spiro atoms. The minimum absolute atomic E-state index is 0.0919. The second-order valence-electron chi connectivity index (χ2n) is 25.7. The summed E-state index contributed by atoms with van der Waals surface area (Å²) in [7, 11) is 1.48. The highest BCUT2D eigenvalue weighted by Crippen LogP contribution is 2.50. The molecule has 5 aromatic carbocycles. The van der Waals surface area contributed by atoms with Crippen molar-refractivity contribution in [3.63, 3.8) is 0 Å². The van der Waals surface area contributed by atoms with Crippen molar-refractivity contribution >= 4 is 70.5 Å². The average Bonchev–Trinajstić information content (AvgIpc) is 0.768. The summed E-state index contributed by atoms with van der Waals surface area (Å²) in [6.07, 6.45) is -15.5. The van der Waals surface area contributed by atoms with Crippen LogP contribution in [0.1, 0.15) is 112 Å². The molecule has 102 heavy (non-hydrogen) atoms. The van der Waals surface area contributed by atoms with E-state index in [0.717, 1.165) is 66.7 Å². The van der Waals surface area contributed by atoms with Gasteiger partial charge in [0.05, 0.1) is 28.3 Å². The van der Waals surface area contributed by atoms with Crippen LogP contribution in [0.2, 0.25) is 10.0 Å². The van der Waals surface area contributed by atoms with Crippen LogP contribution in [-0.2, 0) is 52.6 Å². The smallest absolute Gasteiger partial charge is 0.330 e. The highest BCUT2D eigenvalue weighted by Gasteiger charge is 2.50. The van der Waals surface area contributed by atoms with Crippen molar-refractivity contribution in [2.24, 2.45) is 17.4 Å². The summed E-state index contributed by atoms with van der Waals surface area (Å²) in [5.74, 6) is -17.2. The largest absolute Gasteiger partial charge is 0.508 e. The van der Waals surface area contributed by atoms with Crippen molar-refractivity contribution in [3.8, 4) is 57.1 Å². The third-order valence-electron chi connectivity index (χ3n) is 17.8. The third-order valence-corrected chi connectivity index (χ3v) is 18.4. The summed E-state index contributed by atoms with van der Waals surface area (Å²) in [6, 6.07) is -0.328. The molecule has 16 atom stereocenters. The van der Waals surface area contributed by atoms with Crippen LogP contribution in [0.3, 0.4) is 0 Å². The first-order valence-electron chi connectivity index (χ1n) is 31.9. The van der Waals surface area contributed by atoms with Gasteiger partial charge >= 0.3 is 5.97 Å². The summed E-state index contributed by atoms with van der Waals surface area (Å²) in [4.78, 5) is 117. The summed E-state index contributed by atoms with van der Waals surface area (Å²) in [5, 5.41) is 131. The maximum absolute atomic E-state index is 16.1. The van der Waals surface area contributed by atoms with Gasteiger partial charge in [0.25, 0.3) is 6.29 Å². The molecule has 33 nitrogen and oxygen atoms in total. The third kappa shape index (κ3) is 15.8. The van der Waals surface area contributed by atoms with Crippen LogP contribution in [0.25, 0.3) is 11.1 Å². The number of carboxylic acid groups (broad SMARTS) is 1. The molecule has 35 heteroatoms. The number of phenolic OH excluding ortho intramolecular Hbond substituents is 3. The first-order chi connectivity index (χ1) is 48.2. The zero-order valence-corrected chi connectivity index (χ0v) is 56.4. The number of nitrogens with two attached hydrogens (primary N) is 2. The number of amides is 7. The van der Waals surface area contributed by atoms with Crippen LogP contribution in [0.4, 0.5) is 0 Å². The number of nitrogens with one attached hydrogen (secondary N) is 7. The van der Waals surface area contributed by atoms with Crippen LogP contribution in [0, 0.1) is 5.92 Å². The Morgan fingerprint density at radius 3 is 1.92 bits per heavy atom. The first-order valence-corrected chi connectivity index (χ1v) is 32.6. The van der Waals surface area contributed by atoms with Gasteiger partial charge < -0.3 is 128 Å². The lowest BCUT2D eigenvalue weighted by molar-refractivity contribution is -0.294. The summed E-state index contributed by atoms with van der Waals surface area (Å²) >= 11 is 14.1. The molecule has 0 aromatic heterocycles. The van der Waals surface area contributed by atoms with Crippen molar-refractivity contribution in [2.75, 3.05) is 13.7 Å². The molecule has 11 bridgehead atoms. The Balaban J connectivity index is 1.24. The number of carbonyl (C=O) groups is 8. The number of benzene rings is 5. The predicted octanol–water partition coefficient (Wildman–Crippen LogP) is 1.54. The van der Waals surface area contributed by atoms with Gasteiger partial charge in [-0.25, -0.2) is 4.79 Å². The fourth-order valence-electron chi connectivity index (χ4n) is 12.4. The van der Waals surface area contributed by atoms with E-state index in [1.54, 1.807) is 0 Å². The Bertz CT molecular complexity index is 4180. The molecule has 5 aromatic rings. The van der Waals surface area contributed by atoms with E-state index < -0.39 is 243 Å². The number of aromatic hydroxyl groups is 3. The quantitative estimate of drug-likeness (QED) is 0.0749. The van der Waals surface area contributed by atoms with Crippen LogP contribution >= 0.6 is 23.2 Å². The zero-order chi connectivity index (χ0) is 74.2. The van der Waals surface area contributed by atoms with Gasteiger partial charge in [-0.1, -0.05) is 55.2 Å². The molecule has 7 heterocycles. The van der Waals surface area contributed by atoms with Crippen molar-refractivity contribution in [1.82, 2.24) is 37.2 Å². The van der Waals surface area contributed by atoms with Gasteiger partial charge in [-0.05, 0) is 117 Å². The van der Waals surface area contributed by atoms with Crippen LogP contribution in [0.5, 0.6) is 46.0 Å². The van der Waals surface area contributed by atoms with Gasteiger partial charge in [-0.3, -0.25) is 33.6 Å². The molecule has 0 radical (unpaired) electrons. The molecule has 21 N–H and O–H groups in total. The number of phenols is 3. The number of aliphatic hydroxyl groups excluding tert-OH is 6. The van der Waals surface area contributed by atoms with Crippen molar-refractivity contribution < 1.29 is 118 Å². The van der Waals surface area contributed by atoms with Crippen molar-refractivity contribution in [1.29, 1.82) is 0 Å². The van der Waals surface area contributed by atoms with Crippen molar-refractivity contribution in [2.45, 2.75) is 150 Å². The number of carbonyl (C=O) groups excluding carboxylic acids is 7. The highest BCUT2D eigenvalue weighted by molar-refractivity contribution is 6.32. The lowest BCUT2D eigenvalue weighted by atomic mass is 9.86. The van der Waals surface area contributed by atoms with E-state index in [4.69, 9.17) is 63.1 Å². The number of hydrogen-bond acceptors (Lipinski definition) is 25. The fraction of sp³-hybridized carbons (Fsp3) is 0.403. The number of aliphatic carboxylic acids is 1. The number of primary amides is 1. The summed E-state index contributed by atoms with van der Waals surface area (Å²) in [5.41, 5.74) is 7.94. The number of fused-ring (bicyclic) bond motifs is 15. The second kappa shape index (κ2) is 30.4. The van der Waals surface area contributed by atoms with Gasteiger partial charge in [0, 0.05) is 41.1 Å². The number of aliphatic hydroxyl groups is 6. The molecule has 7 aliphatic rings. The molecule has 12 rings (SSSR count). The van der Waals surface area contributed by atoms with E-state index >= 15 is 14.4 Å². The van der Waals surface area contributed by atoms with Gasteiger partial charge in [-0.15, -0.1) is 0 Å². The fourth-order valence-corrected chi connectivity index (χ4v) is 12.9. The Labute approximate surface area is 589 Å². The minimum atomic E-state index is -2.31. The lowest BCUT2D eigenvalue weighted by Gasteiger charge is -2.45. The molecule has 7 aliphatic heterocycles. The topological polar surface area (TPSA) is 530 Å². The number of rotatable bonds is 14. The van der Waals surface area contributed by atoms with Crippen molar-refractivity contribution in [3.05, 3.63) is 128 Å². The zero-order valence-electron chi connectivity index (χ0n) is 54.9. The standard InChI is InChI=1S/C67H75Cl2N9O24/c1-24(2)14-36(72-5)60(90)77-50-52(84)27-7-11-39(33(68)16-27)98-41-18-29-19-42(56(41)102-66-57(55(87)54(86)43(23-79)100-66)101-45-22-67(4,71)58(88)25(3)97-45)99-40-12-8-28(17-34(40)69)53(85)51-64(94)76-49(65(95)96)32-20-30(80)21-38(82)46(32)31-15-26(6-10-37(31)81)47(61(91)78-51)75-62(92)48(29)74-59(89)35(73-63(50)93)9-13-44(70)83/h6-8,10-12,15-21,24-25,35-36,45,47-53,55,57-58,66,72,79-82,84-88H,9,13-14,22-23,71H2,1-5H3,(H2,70,83)(H,73,93)(H,74,89)(H,75,92)(H,76,94)(H,77,90)(H,78,91)(H,95,96)/t25-,35-,36+,45-,47+,48+,49-,50+,51-,52+,53+,55-,57+,58+,66-,67-/m0/s1. The molecular formula is C67H75Cl2N9O24. The average molecular weight is 1460 g/mol. The number of hydrogen-bond donors (Lipinski definition) is 19. The Morgan fingerprint density at radius 1 is 0.725 bits per heavy atom. The van der Waals surface area contributed by atoms with Gasteiger partial charge in [-0.2, -0.15) is 0 Å². The molecule has 1 fully saturated rings. The molecule has 0 unspecified atom stereocenters. The first kappa shape index (κ1) is 74.9. The molecule has 0 saturated carbocycles. The van der Waals surface area contributed by atoms with Crippen LogP contribution in [-0.4, -0.2) is 179 Å². The number of ether oxygens (including phenoxy) is 6. The number of halogens is 2. The number of likely N-dealkylation sites (N-methyl/N-ethyl adjacent to an activating group) is 1. The van der Waals surface area contributed by atoms with E-state index in [1.165, 1.54) is 33.0 Å². The second-order valence-corrected chi connectivity index (χ2v) is 26.6. The lowest BCUT2D eigenvalue weighted by Crippen LogP contribution is -2.61. The van der Waals surface area contributed by atoms with Crippen LogP contribution < -0.4 is 62.9 Å². The van der Waals surface area contributed by atoms with Gasteiger partial charge in [0.1, 0.15) is 83.9 Å². The summed E-state index contributed by atoms with van der Waals surface area (Å²) in [6.45, 7) is 5.54. The Hall–Kier alpha value is -9.78. The highest BCUT2D eigenvalue weighted by atomic mass is 35.5. The van der Waals surface area contributed by atoms with E-state index in [2.05, 4.69) is 37.2 Å². The van der Waals surface area contributed by atoms with Gasteiger partial charge in [0.2, 0.25) is 47.1 Å². The van der Waals surface area contributed by atoms with E-state index in [1.807, 2.05) is 13.8 Å². The molecule has 7 amide bonds. The van der Waals surface area contributed by atoms with Crippen LogP contribution in [0.15, 0.2) is 90.4 Å². The molecule has 0 aliphatic carbocycles. The molecule has 546 valence electrons. The summed E-state index contributed by atoms with van der Waals surface area (Å²) < 4.78 is 38.2. The van der Waals surface area contributed by atoms with E-state index in [0.29, 0.717) is 0 Å². The normalized spacial score (nSPS) is 27.8.